The van der Waals surface area contributed by atoms with Gasteiger partial charge >= 0.3 is 0 Å². The minimum absolute atomic E-state index is 0.0230. The molecule has 0 aliphatic carbocycles. The molecule has 1 amide bonds. The number of amides is 1. The topological polar surface area (TPSA) is 67.4 Å². The second-order valence-corrected chi connectivity index (χ2v) is 8.22. The molecule has 7 heteroatoms. The highest BCUT2D eigenvalue weighted by atomic mass is 35.5. The number of rotatable bonds is 5. The molecule has 2 aromatic carbocycles. The molecule has 1 saturated heterocycles. The van der Waals surface area contributed by atoms with Gasteiger partial charge in [-0.05, 0) is 56.5 Å². The normalized spacial score (nSPS) is 14.4. The van der Waals surface area contributed by atoms with Crippen LogP contribution in [0.25, 0.3) is 0 Å². The van der Waals surface area contributed by atoms with Crippen molar-refractivity contribution in [1.82, 2.24) is 9.97 Å². The van der Waals surface area contributed by atoms with E-state index < -0.39 is 0 Å². The van der Waals surface area contributed by atoms with Gasteiger partial charge < -0.3 is 15.0 Å². The predicted molar refractivity (Wildman–Crippen MR) is 123 cm³/mol. The van der Waals surface area contributed by atoms with Crippen LogP contribution in [0.2, 0.25) is 5.02 Å². The molecule has 0 bridgehead atoms. The van der Waals surface area contributed by atoms with E-state index in [2.05, 4.69) is 20.2 Å². The lowest BCUT2D eigenvalue weighted by Crippen LogP contribution is -2.38. The zero-order valence-electron chi connectivity index (χ0n) is 17.6. The van der Waals surface area contributed by atoms with Crippen molar-refractivity contribution < 1.29 is 9.53 Å². The number of carbonyl (C=O) groups excluding carboxylic acids is 1. The van der Waals surface area contributed by atoms with Gasteiger partial charge in [0.25, 0.3) is 5.88 Å². The number of hydrogen-bond acceptors (Lipinski definition) is 5. The van der Waals surface area contributed by atoms with Gasteiger partial charge in [-0.3, -0.25) is 4.79 Å². The fourth-order valence-corrected chi connectivity index (χ4v) is 3.77. The molecule has 0 atom stereocenters. The summed E-state index contributed by atoms with van der Waals surface area (Å²) in [5, 5.41) is 3.64. The SMILES string of the molecule is Cc1ccc(Oc2nccnc2N2CCC(C(=O)Nc3ccc(C)c(Cl)c3)CC2)cc1. The Kier molecular flexibility index (Phi) is 6.37. The molecule has 6 nitrogen and oxygen atoms in total. The van der Waals surface area contributed by atoms with Gasteiger partial charge in [0.05, 0.1) is 0 Å². The fourth-order valence-electron chi connectivity index (χ4n) is 3.59. The molecule has 1 aromatic heterocycles. The van der Waals surface area contributed by atoms with E-state index in [-0.39, 0.29) is 11.8 Å². The average Bonchev–Trinajstić information content (AvgIpc) is 2.78. The van der Waals surface area contributed by atoms with Crippen LogP contribution in [0.4, 0.5) is 11.5 Å². The number of nitrogens with zero attached hydrogens (tertiary/aromatic N) is 3. The first kappa shape index (κ1) is 21.1. The Hall–Kier alpha value is -3.12. The number of ether oxygens (including phenoxy) is 1. The quantitative estimate of drug-likeness (QED) is 0.580. The number of anilines is 2. The van der Waals surface area contributed by atoms with E-state index in [0.29, 0.717) is 29.8 Å². The van der Waals surface area contributed by atoms with Crippen LogP contribution in [0.5, 0.6) is 11.6 Å². The number of aromatic nitrogens is 2. The summed E-state index contributed by atoms with van der Waals surface area (Å²) in [6.45, 7) is 5.38. The summed E-state index contributed by atoms with van der Waals surface area (Å²) >= 11 is 6.17. The van der Waals surface area contributed by atoms with Crippen LogP contribution in [0.3, 0.4) is 0 Å². The zero-order chi connectivity index (χ0) is 21.8. The van der Waals surface area contributed by atoms with E-state index in [1.54, 1.807) is 18.5 Å². The zero-order valence-corrected chi connectivity index (χ0v) is 18.4. The molecule has 4 rings (SSSR count). The highest BCUT2D eigenvalue weighted by molar-refractivity contribution is 6.31. The van der Waals surface area contributed by atoms with Crippen molar-refractivity contribution in [2.75, 3.05) is 23.3 Å². The summed E-state index contributed by atoms with van der Waals surface area (Å²) in [5.41, 5.74) is 2.88. The molecule has 2 heterocycles. The largest absolute Gasteiger partial charge is 0.436 e. The van der Waals surface area contributed by atoms with Crippen LogP contribution >= 0.6 is 11.6 Å². The lowest BCUT2D eigenvalue weighted by atomic mass is 9.95. The van der Waals surface area contributed by atoms with Gasteiger partial charge in [0.15, 0.2) is 5.82 Å². The summed E-state index contributed by atoms with van der Waals surface area (Å²) in [4.78, 5) is 23.7. The molecule has 0 spiro atoms. The van der Waals surface area contributed by atoms with Crippen molar-refractivity contribution in [2.24, 2.45) is 5.92 Å². The van der Waals surface area contributed by atoms with Crippen LogP contribution in [0.1, 0.15) is 24.0 Å². The molecule has 160 valence electrons. The minimum atomic E-state index is -0.0607. The lowest BCUT2D eigenvalue weighted by molar-refractivity contribution is -0.120. The van der Waals surface area contributed by atoms with Crippen LogP contribution in [0.15, 0.2) is 54.9 Å². The van der Waals surface area contributed by atoms with E-state index >= 15 is 0 Å². The summed E-state index contributed by atoms with van der Waals surface area (Å²) in [6.07, 6.45) is 4.75. The predicted octanol–water partition coefficient (Wildman–Crippen LogP) is 5.39. The Bertz CT molecular complexity index is 1060. The van der Waals surface area contributed by atoms with Crippen LogP contribution in [-0.4, -0.2) is 29.0 Å². The molecular weight excluding hydrogens is 412 g/mol. The molecule has 3 aromatic rings. The van der Waals surface area contributed by atoms with Crippen molar-refractivity contribution >= 4 is 29.0 Å². The van der Waals surface area contributed by atoms with Crippen molar-refractivity contribution in [2.45, 2.75) is 26.7 Å². The number of carbonyl (C=O) groups is 1. The minimum Gasteiger partial charge on any atom is -0.436 e. The Morgan fingerprint density at radius 3 is 2.48 bits per heavy atom. The number of halogens is 1. The Balaban J connectivity index is 1.39. The first-order valence-electron chi connectivity index (χ1n) is 10.4. The summed E-state index contributed by atoms with van der Waals surface area (Å²) < 4.78 is 5.98. The van der Waals surface area contributed by atoms with Crippen molar-refractivity contribution in [3.8, 4) is 11.6 Å². The van der Waals surface area contributed by atoms with E-state index in [9.17, 15) is 4.79 Å². The van der Waals surface area contributed by atoms with Crippen LogP contribution in [-0.2, 0) is 4.79 Å². The monoisotopic (exact) mass is 436 g/mol. The summed E-state index contributed by atoms with van der Waals surface area (Å²) in [6, 6.07) is 13.4. The van der Waals surface area contributed by atoms with Gasteiger partial charge in [0, 0.05) is 42.1 Å². The highest BCUT2D eigenvalue weighted by Crippen LogP contribution is 2.31. The first-order valence-corrected chi connectivity index (χ1v) is 10.7. The van der Waals surface area contributed by atoms with Gasteiger partial charge in [-0.25, -0.2) is 9.97 Å². The summed E-state index contributed by atoms with van der Waals surface area (Å²) in [7, 11) is 0. The second kappa shape index (κ2) is 9.35. The molecular formula is C24H25ClN4O2. The third-order valence-corrected chi connectivity index (χ3v) is 5.89. The fraction of sp³-hybridized carbons (Fsp3) is 0.292. The molecule has 31 heavy (non-hydrogen) atoms. The van der Waals surface area contributed by atoms with Gasteiger partial charge in [-0.1, -0.05) is 35.4 Å². The molecule has 0 saturated carbocycles. The Morgan fingerprint density at radius 1 is 1.06 bits per heavy atom. The third-order valence-electron chi connectivity index (χ3n) is 5.49. The summed E-state index contributed by atoms with van der Waals surface area (Å²) in [5.74, 6) is 1.86. The maximum atomic E-state index is 12.7. The van der Waals surface area contributed by atoms with Crippen molar-refractivity contribution in [1.29, 1.82) is 0 Å². The number of hydrogen-bond donors (Lipinski definition) is 1. The van der Waals surface area contributed by atoms with Gasteiger partial charge in [-0.15, -0.1) is 0 Å². The first-order chi connectivity index (χ1) is 15.0. The van der Waals surface area contributed by atoms with Crippen LogP contribution < -0.4 is 15.0 Å². The van der Waals surface area contributed by atoms with E-state index in [0.717, 1.165) is 29.8 Å². The highest BCUT2D eigenvalue weighted by Gasteiger charge is 2.27. The van der Waals surface area contributed by atoms with E-state index in [1.165, 1.54) is 5.56 Å². The smallest absolute Gasteiger partial charge is 0.263 e. The van der Waals surface area contributed by atoms with Crippen molar-refractivity contribution in [3.63, 3.8) is 0 Å². The number of aryl methyl sites for hydroxylation is 2. The van der Waals surface area contributed by atoms with E-state index in [4.69, 9.17) is 16.3 Å². The van der Waals surface area contributed by atoms with Gasteiger partial charge in [0.2, 0.25) is 5.91 Å². The lowest BCUT2D eigenvalue weighted by Gasteiger charge is -2.32. The Labute approximate surface area is 187 Å². The van der Waals surface area contributed by atoms with Crippen molar-refractivity contribution in [3.05, 3.63) is 71.0 Å². The molecule has 0 unspecified atom stereocenters. The van der Waals surface area contributed by atoms with Gasteiger partial charge in [0.1, 0.15) is 5.75 Å². The second-order valence-electron chi connectivity index (χ2n) is 7.81. The maximum Gasteiger partial charge on any atom is 0.263 e. The molecule has 0 radical (unpaired) electrons. The molecule has 1 fully saturated rings. The van der Waals surface area contributed by atoms with E-state index in [1.807, 2.05) is 50.2 Å². The number of piperidine rings is 1. The van der Waals surface area contributed by atoms with Crippen LogP contribution in [0, 0.1) is 19.8 Å². The molecule has 1 N–H and O–H groups in total. The standard InChI is InChI=1S/C24H25ClN4O2/c1-16-3-7-20(8-4-16)31-24-22(26-11-12-27-24)29-13-9-18(10-14-29)23(30)28-19-6-5-17(2)21(25)15-19/h3-8,11-12,15,18H,9-10,13-14H2,1-2H3,(H,28,30). The molecule has 1 aliphatic heterocycles. The maximum absolute atomic E-state index is 12.7. The number of benzene rings is 2. The third kappa shape index (κ3) is 5.14. The van der Waals surface area contributed by atoms with Gasteiger partial charge in [-0.2, -0.15) is 0 Å². The number of nitrogens with one attached hydrogen (secondary N) is 1. The average molecular weight is 437 g/mol. The Morgan fingerprint density at radius 2 is 1.77 bits per heavy atom. The molecule has 1 aliphatic rings.